The van der Waals surface area contributed by atoms with Crippen LogP contribution in [0, 0.1) is 5.92 Å². The maximum absolute atomic E-state index is 11.8. The standard InChI is InChI=1S/C14H25NO3/c1-3-6-13(16)15-9-5-8-12(10-15)11-18-14(17)7-4-2/h12H,3-11H2,1-2H3/t12-/m1/s1. The van der Waals surface area contributed by atoms with Crippen molar-refractivity contribution in [1.82, 2.24) is 4.90 Å². The number of likely N-dealkylation sites (tertiary alicyclic amines) is 1. The van der Waals surface area contributed by atoms with Gasteiger partial charge in [-0.05, 0) is 25.7 Å². The number of rotatable bonds is 6. The SMILES string of the molecule is CCCC(=O)OC[C@@H]1CCCN(C(=O)CCC)C1. The number of carbonyl (C=O) groups excluding carboxylic acids is 2. The molecule has 1 aliphatic rings. The van der Waals surface area contributed by atoms with Gasteiger partial charge in [-0.1, -0.05) is 13.8 Å². The zero-order valence-corrected chi connectivity index (χ0v) is 11.6. The van der Waals surface area contributed by atoms with E-state index in [-0.39, 0.29) is 11.9 Å². The molecule has 1 fully saturated rings. The van der Waals surface area contributed by atoms with E-state index in [4.69, 9.17) is 4.74 Å². The van der Waals surface area contributed by atoms with Crippen LogP contribution in [0.3, 0.4) is 0 Å². The van der Waals surface area contributed by atoms with E-state index in [1.807, 2.05) is 18.7 Å². The minimum absolute atomic E-state index is 0.116. The molecular weight excluding hydrogens is 230 g/mol. The Morgan fingerprint density at radius 3 is 2.61 bits per heavy atom. The lowest BCUT2D eigenvalue weighted by Crippen LogP contribution is -2.41. The lowest BCUT2D eigenvalue weighted by molar-refractivity contribution is -0.146. The minimum atomic E-state index is -0.116. The van der Waals surface area contributed by atoms with Gasteiger partial charge in [-0.25, -0.2) is 0 Å². The van der Waals surface area contributed by atoms with Crippen molar-refractivity contribution in [2.45, 2.75) is 52.4 Å². The van der Waals surface area contributed by atoms with Crippen LogP contribution in [0.4, 0.5) is 0 Å². The number of carbonyl (C=O) groups is 2. The van der Waals surface area contributed by atoms with Crippen molar-refractivity contribution in [1.29, 1.82) is 0 Å². The van der Waals surface area contributed by atoms with Crippen molar-refractivity contribution in [2.75, 3.05) is 19.7 Å². The summed E-state index contributed by atoms with van der Waals surface area (Å²) in [6.07, 6.45) is 4.91. The van der Waals surface area contributed by atoms with Crippen molar-refractivity contribution in [3.63, 3.8) is 0 Å². The Morgan fingerprint density at radius 1 is 1.22 bits per heavy atom. The van der Waals surface area contributed by atoms with E-state index in [2.05, 4.69) is 0 Å². The van der Waals surface area contributed by atoms with Crippen LogP contribution < -0.4 is 0 Å². The summed E-state index contributed by atoms with van der Waals surface area (Å²) in [6, 6.07) is 0. The van der Waals surface area contributed by atoms with Crippen molar-refractivity contribution in [2.24, 2.45) is 5.92 Å². The van der Waals surface area contributed by atoms with Gasteiger partial charge in [-0.3, -0.25) is 9.59 Å². The first-order valence-corrected chi connectivity index (χ1v) is 7.10. The van der Waals surface area contributed by atoms with Gasteiger partial charge in [-0.15, -0.1) is 0 Å². The Kier molecular flexibility index (Phi) is 6.76. The van der Waals surface area contributed by atoms with E-state index < -0.39 is 0 Å². The van der Waals surface area contributed by atoms with Gasteiger partial charge < -0.3 is 9.64 Å². The highest BCUT2D eigenvalue weighted by molar-refractivity contribution is 5.76. The molecule has 0 spiro atoms. The first kappa shape index (κ1) is 15.0. The lowest BCUT2D eigenvalue weighted by atomic mass is 9.98. The van der Waals surface area contributed by atoms with Crippen LogP contribution >= 0.6 is 0 Å². The fraction of sp³-hybridized carbons (Fsp3) is 0.857. The van der Waals surface area contributed by atoms with Crippen LogP contribution in [0.2, 0.25) is 0 Å². The zero-order valence-electron chi connectivity index (χ0n) is 11.6. The predicted octanol–water partition coefficient (Wildman–Crippen LogP) is 2.37. The predicted molar refractivity (Wildman–Crippen MR) is 70.1 cm³/mol. The first-order valence-electron chi connectivity index (χ1n) is 7.10. The second-order valence-corrected chi connectivity index (χ2v) is 5.03. The monoisotopic (exact) mass is 255 g/mol. The second-order valence-electron chi connectivity index (χ2n) is 5.03. The highest BCUT2D eigenvalue weighted by Gasteiger charge is 2.23. The Labute approximate surface area is 110 Å². The molecule has 0 aromatic rings. The van der Waals surface area contributed by atoms with Gasteiger partial charge in [0.1, 0.15) is 0 Å². The van der Waals surface area contributed by atoms with E-state index in [0.717, 1.165) is 38.8 Å². The fourth-order valence-corrected chi connectivity index (χ4v) is 2.29. The highest BCUT2D eigenvalue weighted by atomic mass is 16.5. The summed E-state index contributed by atoms with van der Waals surface area (Å²) < 4.78 is 5.23. The van der Waals surface area contributed by atoms with E-state index in [9.17, 15) is 9.59 Å². The van der Waals surface area contributed by atoms with Crippen LogP contribution in [0.25, 0.3) is 0 Å². The van der Waals surface area contributed by atoms with Crippen molar-refractivity contribution in [3.8, 4) is 0 Å². The number of ether oxygens (including phenoxy) is 1. The Bertz CT molecular complexity index is 278. The fourth-order valence-electron chi connectivity index (χ4n) is 2.29. The lowest BCUT2D eigenvalue weighted by Gasteiger charge is -2.32. The van der Waals surface area contributed by atoms with Crippen molar-refractivity contribution < 1.29 is 14.3 Å². The smallest absolute Gasteiger partial charge is 0.305 e. The molecule has 0 aromatic heterocycles. The summed E-state index contributed by atoms with van der Waals surface area (Å²) in [6.45, 7) is 6.06. The number of amides is 1. The van der Waals surface area contributed by atoms with E-state index in [0.29, 0.717) is 25.4 Å². The third kappa shape index (κ3) is 5.07. The van der Waals surface area contributed by atoms with E-state index in [1.54, 1.807) is 0 Å². The largest absolute Gasteiger partial charge is 0.465 e. The van der Waals surface area contributed by atoms with Gasteiger partial charge in [-0.2, -0.15) is 0 Å². The molecule has 0 saturated carbocycles. The van der Waals surface area contributed by atoms with Crippen LogP contribution in [0.15, 0.2) is 0 Å². The molecule has 1 atom stereocenters. The number of hydrogen-bond acceptors (Lipinski definition) is 3. The summed E-state index contributed by atoms with van der Waals surface area (Å²) in [7, 11) is 0. The Morgan fingerprint density at radius 2 is 1.94 bits per heavy atom. The molecule has 0 aliphatic carbocycles. The molecule has 0 unspecified atom stereocenters. The van der Waals surface area contributed by atoms with Crippen molar-refractivity contribution in [3.05, 3.63) is 0 Å². The number of hydrogen-bond donors (Lipinski definition) is 0. The number of esters is 1. The molecule has 1 saturated heterocycles. The maximum atomic E-state index is 11.8. The third-order valence-corrected chi connectivity index (χ3v) is 3.27. The van der Waals surface area contributed by atoms with E-state index >= 15 is 0 Å². The Hall–Kier alpha value is -1.06. The summed E-state index contributed by atoms with van der Waals surface area (Å²) >= 11 is 0. The number of piperidine rings is 1. The molecule has 0 N–H and O–H groups in total. The second kappa shape index (κ2) is 8.11. The summed E-state index contributed by atoms with van der Waals surface area (Å²) in [5.74, 6) is 0.442. The third-order valence-electron chi connectivity index (χ3n) is 3.27. The molecule has 1 rings (SSSR count). The Balaban J connectivity index is 2.30. The molecule has 1 amide bonds. The molecule has 4 nitrogen and oxygen atoms in total. The van der Waals surface area contributed by atoms with Crippen molar-refractivity contribution >= 4 is 11.9 Å². The molecule has 18 heavy (non-hydrogen) atoms. The summed E-state index contributed by atoms with van der Waals surface area (Å²) in [4.78, 5) is 25.0. The average molecular weight is 255 g/mol. The van der Waals surface area contributed by atoms with Crippen LogP contribution in [-0.2, 0) is 14.3 Å². The van der Waals surface area contributed by atoms with Gasteiger partial charge in [0, 0.05) is 31.8 Å². The number of nitrogens with zero attached hydrogens (tertiary/aromatic N) is 1. The first-order chi connectivity index (χ1) is 8.67. The molecule has 0 radical (unpaired) electrons. The molecule has 1 aliphatic heterocycles. The van der Waals surface area contributed by atoms with Crippen LogP contribution in [-0.4, -0.2) is 36.5 Å². The molecule has 104 valence electrons. The summed E-state index contributed by atoms with van der Waals surface area (Å²) in [5.41, 5.74) is 0. The van der Waals surface area contributed by atoms with Gasteiger partial charge in [0.2, 0.25) is 5.91 Å². The van der Waals surface area contributed by atoms with Gasteiger partial charge in [0.05, 0.1) is 6.61 Å². The maximum Gasteiger partial charge on any atom is 0.305 e. The minimum Gasteiger partial charge on any atom is -0.465 e. The van der Waals surface area contributed by atoms with Gasteiger partial charge in [0.15, 0.2) is 0 Å². The van der Waals surface area contributed by atoms with Crippen LogP contribution in [0.5, 0.6) is 0 Å². The van der Waals surface area contributed by atoms with Crippen LogP contribution in [0.1, 0.15) is 52.4 Å². The molecular formula is C14H25NO3. The van der Waals surface area contributed by atoms with Gasteiger partial charge in [0.25, 0.3) is 0 Å². The highest BCUT2D eigenvalue weighted by Crippen LogP contribution is 2.18. The topological polar surface area (TPSA) is 46.6 Å². The average Bonchev–Trinajstić information content (AvgIpc) is 2.37. The van der Waals surface area contributed by atoms with Gasteiger partial charge >= 0.3 is 5.97 Å². The van der Waals surface area contributed by atoms with E-state index in [1.165, 1.54) is 0 Å². The molecule has 0 bridgehead atoms. The molecule has 4 heteroatoms. The normalized spacial score (nSPS) is 19.7. The molecule has 1 heterocycles. The summed E-state index contributed by atoms with van der Waals surface area (Å²) in [5, 5.41) is 0. The molecule has 0 aromatic carbocycles. The zero-order chi connectivity index (χ0) is 13.4. The quantitative estimate of drug-likeness (QED) is 0.685.